The summed E-state index contributed by atoms with van der Waals surface area (Å²) in [6.07, 6.45) is -0.412. The first-order valence-corrected chi connectivity index (χ1v) is 8.08. The lowest BCUT2D eigenvalue weighted by molar-refractivity contribution is -0.132. The summed E-state index contributed by atoms with van der Waals surface area (Å²) in [7, 11) is 1.99. The Bertz CT molecular complexity index is 658. The number of carbonyl (C=O) groups excluding carboxylic acids is 1. The van der Waals surface area contributed by atoms with Gasteiger partial charge in [-0.2, -0.15) is 0 Å². The third kappa shape index (κ3) is 4.57. The molecular weight excluding hydrogens is 304 g/mol. The molecular formula is C19H22N2O3. The molecule has 5 heteroatoms. The van der Waals surface area contributed by atoms with Gasteiger partial charge in [0.1, 0.15) is 18.5 Å². The molecule has 2 aromatic rings. The number of likely N-dealkylation sites (N-methyl/N-ethyl adjacent to an activating group) is 1. The Kier molecular flexibility index (Phi) is 5.46. The highest BCUT2D eigenvalue weighted by molar-refractivity contribution is 5.94. The van der Waals surface area contributed by atoms with Gasteiger partial charge in [-0.15, -0.1) is 0 Å². The summed E-state index contributed by atoms with van der Waals surface area (Å²) in [4.78, 5) is 14.3. The number of anilines is 1. The summed E-state index contributed by atoms with van der Waals surface area (Å²) < 4.78 is 11.2. The standard InChI is InChI=1S/C19H22N2O3/c1-21-11-12-23-18(13-21)19(22)20-16-9-7-15(8-10-16)14-24-17-5-3-2-4-6-17/h2-10,18H,11-14H2,1H3,(H,20,22). The van der Waals surface area contributed by atoms with E-state index in [2.05, 4.69) is 10.2 Å². The lowest BCUT2D eigenvalue weighted by Gasteiger charge is -2.29. The van der Waals surface area contributed by atoms with E-state index in [0.717, 1.165) is 23.5 Å². The van der Waals surface area contributed by atoms with Crippen LogP contribution in [0, 0.1) is 0 Å². The van der Waals surface area contributed by atoms with Crippen LogP contribution in [0.5, 0.6) is 5.75 Å². The quantitative estimate of drug-likeness (QED) is 0.917. The fraction of sp³-hybridized carbons (Fsp3) is 0.316. The van der Waals surface area contributed by atoms with Crippen molar-refractivity contribution in [3.8, 4) is 5.75 Å². The molecule has 1 aliphatic rings. The maximum absolute atomic E-state index is 12.2. The predicted molar refractivity (Wildman–Crippen MR) is 93.1 cm³/mol. The molecule has 2 aromatic carbocycles. The first-order valence-electron chi connectivity index (χ1n) is 8.08. The van der Waals surface area contributed by atoms with Gasteiger partial charge in [0.2, 0.25) is 0 Å². The van der Waals surface area contributed by atoms with Crippen LogP contribution in [0.4, 0.5) is 5.69 Å². The van der Waals surface area contributed by atoms with E-state index in [1.54, 1.807) is 0 Å². The molecule has 0 spiro atoms. The van der Waals surface area contributed by atoms with Gasteiger partial charge < -0.3 is 19.7 Å². The summed E-state index contributed by atoms with van der Waals surface area (Å²) in [5.74, 6) is 0.739. The van der Waals surface area contributed by atoms with Crippen LogP contribution in [0.25, 0.3) is 0 Å². The molecule has 0 saturated carbocycles. The van der Waals surface area contributed by atoms with Crippen molar-refractivity contribution < 1.29 is 14.3 Å². The number of ether oxygens (including phenoxy) is 2. The second-order valence-corrected chi connectivity index (χ2v) is 5.91. The minimum absolute atomic E-state index is 0.102. The first kappa shape index (κ1) is 16.5. The number of benzene rings is 2. The predicted octanol–water partition coefficient (Wildman–Crippen LogP) is 2.53. The average Bonchev–Trinajstić information content (AvgIpc) is 2.62. The van der Waals surface area contributed by atoms with Crippen molar-refractivity contribution in [1.29, 1.82) is 0 Å². The molecule has 3 rings (SSSR count). The molecule has 1 aliphatic heterocycles. The van der Waals surface area contributed by atoms with E-state index in [9.17, 15) is 4.79 Å². The van der Waals surface area contributed by atoms with Crippen molar-refractivity contribution in [2.45, 2.75) is 12.7 Å². The van der Waals surface area contributed by atoms with Gasteiger partial charge in [0.05, 0.1) is 6.61 Å². The Hall–Kier alpha value is -2.37. The highest BCUT2D eigenvalue weighted by Crippen LogP contribution is 2.15. The van der Waals surface area contributed by atoms with Crippen molar-refractivity contribution in [3.63, 3.8) is 0 Å². The van der Waals surface area contributed by atoms with Crippen LogP contribution in [0.1, 0.15) is 5.56 Å². The molecule has 0 bridgehead atoms. The molecule has 1 saturated heterocycles. The van der Waals surface area contributed by atoms with Crippen molar-refractivity contribution in [2.24, 2.45) is 0 Å². The van der Waals surface area contributed by atoms with Crippen molar-refractivity contribution >= 4 is 11.6 Å². The lowest BCUT2D eigenvalue weighted by atomic mass is 10.2. The fourth-order valence-corrected chi connectivity index (χ4v) is 2.53. The van der Waals surface area contributed by atoms with E-state index < -0.39 is 6.10 Å². The SMILES string of the molecule is CN1CCOC(C(=O)Nc2ccc(COc3ccccc3)cc2)C1. The van der Waals surface area contributed by atoms with Gasteiger partial charge >= 0.3 is 0 Å². The molecule has 1 heterocycles. The van der Waals surface area contributed by atoms with Crippen LogP contribution in [0.3, 0.4) is 0 Å². The van der Waals surface area contributed by atoms with Gasteiger partial charge in [0.15, 0.2) is 0 Å². The van der Waals surface area contributed by atoms with Crippen LogP contribution in [0.15, 0.2) is 54.6 Å². The number of amides is 1. The minimum Gasteiger partial charge on any atom is -0.489 e. The number of morpholine rings is 1. The van der Waals surface area contributed by atoms with Gasteiger partial charge in [0.25, 0.3) is 5.91 Å². The maximum atomic E-state index is 12.2. The summed E-state index contributed by atoms with van der Waals surface area (Å²) in [6.45, 7) is 2.56. The van der Waals surface area contributed by atoms with Crippen LogP contribution < -0.4 is 10.1 Å². The topological polar surface area (TPSA) is 50.8 Å². The van der Waals surface area contributed by atoms with Gasteiger partial charge in [-0.3, -0.25) is 4.79 Å². The van der Waals surface area contributed by atoms with Gasteiger partial charge in [-0.25, -0.2) is 0 Å². The maximum Gasteiger partial charge on any atom is 0.254 e. The Balaban J connectivity index is 1.51. The first-order chi connectivity index (χ1) is 11.7. The molecule has 1 N–H and O–H groups in total. The molecule has 1 atom stereocenters. The molecule has 24 heavy (non-hydrogen) atoms. The third-order valence-electron chi connectivity index (χ3n) is 3.93. The molecule has 5 nitrogen and oxygen atoms in total. The van der Waals surface area contributed by atoms with Gasteiger partial charge in [0, 0.05) is 18.8 Å². The third-order valence-corrected chi connectivity index (χ3v) is 3.93. The summed E-state index contributed by atoms with van der Waals surface area (Å²) in [5.41, 5.74) is 1.81. The number of hydrogen-bond acceptors (Lipinski definition) is 4. The van der Waals surface area contributed by atoms with Gasteiger partial charge in [-0.05, 0) is 36.9 Å². The van der Waals surface area contributed by atoms with Crippen LogP contribution in [-0.4, -0.2) is 43.7 Å². The summed E-state index contributed by atoms with van der Waals surface area (Å²) >= 11 is 0. The van der Waals surface area contributed by atoms with Crippen LogP contribution >= 0.6 is 0 Å². The number of nitrogens with one attached hydrogen (secondary N) is 1. The lowest BCUT2D eigenvalue weighted by Crippen LogP contribution is -2.46. The number of carbonyl (C=O) groups is 1. The molecule has 1 amide bonds. The molecule has 1 fully saturated rings. The smallest absolute Gasteiger partial charge is 0.254 e. The zero-order valence-corrected chi connectivity index (χ0v) is 13.8. The van der Waals surface area contributed by atoms with Crippen molar-refractivity contribution in [2.75, 3.05) is 32.1 Å². The largest absolute Gasteiger partial charge is 0.489 e. The Morgan fingerprint density at radius 1 is 1.21 bits per heavy atom. The van der Waals surface area contributed by atoms with Crippen molar-refractivity contribution in [3.05, 3.63) is 60.2 Å². The Labute approximate surface area is 142 Å². The van der Waals surface area contributed by atoms with E-state index in [0.29, 0.717) is 19.8 Å². The summed E-state index contributed by atoms with van der Waals surface area (Å²) in [6, 6.07) is 17.4. The van der Waals surface area contributed by atoms with Crippen LogP contribution in [-0.2, 0) is 16.1 Å². The minimum atomic E-state index is -0.412. The number of nitrogens with zero attached hydrogens (tertiary/aromatic N) is 1. The fourth-order valence-electron chi connectivity index (χ4n) is 2.53. The zero-order valence-electron chi connectivity index (χ0n) is 13.8. The Morgan fingerprint density at radius 2 is 1.96 bits per heavy atom. The van der Waals surface area contributed by atoms with E-state index in [1.165, 1.54) is 0 Å². The van der Waals surface area contributed by atoms with Crippen LogP contribution in [0.2, 0.25) is 0 Å². The Morgan fingerprint density at radius 3 is 2.67 bits per heavy atom. The molecule has 0 aliphatic carbocycles. The number of hydrogen-bond donors (Lipinski definition) is 1. The van der Waals surface area contributed by atoms with E-state index in [1.807, 2.05) is 61.6 Å². The monoisotopic (exact) mass is 326 g/mol. The van der Waals surface area contributed by atoms with Crippen molar-refractivity contribution in [1.82, 2.24) is 4.90 Å². The second kappa shape index (κ2) is 7.95. The molecule has 1 unspecified atom stereocenters. The van der Waals surface area contributed by atoms with Gasteiger partial charge in [-0.1, -0.05) is 30.3 Å². The number of para-hydroxylation sites is 1. The molecule has 0 aromatic heterocycles. The second-order valence-electron chi connectivity index (χ2n) is 5.91. The van der Waals surface area contributed by atoms with E-state index >= 15 is 0 Å². The summed E-state index contributed by atoms with van der Waals surface area (Å²) in [5, 5.41) is 2.90. The highest BCUT2D eigenvalue weighted by atomic mass is 16.5. The zero-order chi connectivity index (χ0) is 16.8. The molecule has 126 valence electrons. The van der Waals surface area contributed by atoms with E-state index in [-0.39, 0.29) is 5.91 Å². The molecule has 0 radical (unpaired) electrons. The highest BCUT2D eigenvalue weighted by Gasteiger charge is 2.24. The normalized spacial score (nSPS) is 18.1. The average molecular weight is 326 g/mol. The number of rotatable bonds is 5. The van der Waals surface area contributed by atoms with E-state index in [4.69, 9.17) is 9.47 Å².